The lowest BCUT2D eigenvalue weighted by molar-refractivity contribution is -0.143. The lowest BCUT2D eigenvalue weighted by Crippen LogP contribution is -2.50. The average molecular weight is 488 g/mol. The first-order valence-electron chi connectivity index (χ1n) is 10.5. The summed E-state index contributed by atoms with van der Waals surface area (Å²) in [5.41, 5.74) is -4.25. The molecule has 0 radical (unpaired) electrons. The molecule has 0 saturated carbocycles. The van der Waals surface area contributed by atoms with E-state index in [0.29, 0.717) is 17.7 Å². The molecular weight excluding hydrogens is 462 g/mol. The topological polar surface area (TPSA) is 41.6 Å². The van der Waals surface area contributed by atoms with Crippen LogP contribution in [0.2, 0.25) is 0 Å². The second-order valence-corrected chi connectivity index (χ2v) is 9.51. The van der Waals surface area contributed by atoms with Gasteiger partial charge < -0.3 is 9.64 Å². The number of amides is 1. The van der Waals surface area contributed by atoms with Gasteiger partial charge in [-0.25, -0.2) is 0 Å². The summed E-state index contributed by atoms with van der Waals surface area (Å²) >= 11 is 0. The number of benzene rings is 2. The van der Waals surface area contributed by atoms with Gasteiger partial charge >= 0.3 is 12.4 Å². The SMILES string of the molecule is CN1C(=O)[C@@](COCc2cc(C(F)(F)F)cc(C(F)(F)F)c2)(c2ccccc2)N[C@H]1C(C)(C)C. The van der Waals surface area contributed by atoms with Crippen molar-refractivity contribution in [3.05, 3.63) is 70.8 Å². The molecule has 0 spiro atoms. The first-order valence-corrected chi connectivity index (χ1v) is 10.5. The highest BCUT2D eigenvalue weighted by molar-refractivity contribution is 5.90. The number of nitrogens with zero attached hydrogens (tertiary/aromatic N) is 1. The molecule has 3 rings (SSSR count). The van der Waals surface area contributed by atoms with E-state index in [4.69, 9.17) is 4.74 Å². The molecule has 0 unspecified atom stereocenters. The van der Waals surface area contributed by atoms with Crippen LogP contribution < -0.4 is 5.32 Å². The normalized spacial score (nSPS) is 21.9. The van der Waals surface area contributed by atoms with Crippen LogP contribution in [0.1, 0.15) is 43.0 Å². The molecule has 0 aromatic heterocycles. The van der Waals surface area contributed by atoms with Crippen LogP contribution in [0.25, 0.3) is 0 Å². The maximum atomic E-state index is 13.4. The fourth-order valence-electron chi connectivity index (χ4n) is 4.15. The second kappa shape index (κ2) is 8.88. The third kappa shape index (κ3) is 5.22. The Morgan fingerprint density at radius 2 is 1.47 bits per heavy atom. The van der Waals surface area contributed by atoms with Crippen LogP contribution in [0.5, 0.6) is 0 Å². The van der Waals surface area contributed by atoms with E-state index < -0.39 is 35.6 Å². The van der Waals surface area contributed by atoms with Gasteiger partial charge in [-0.05, 0) is 34.7 Å². The van der Waals surface area contributed by atoms with Crippen LogP contribution >= 0.6 is 0 Å². The summed E-state index contributed by atoms with van der Waals surface area (Å²) < 4.78 is 84.6. The smallest absolute Gasteiger partial charge is 0.374 e. The maximum absolute atomic E-state index is 13.4. The molecule has 4 nitrogen and oxygen atoms in total. The van der Waals surface area contributed by atoms with E-state index >= 15 is 0 Å². The van der Waals surface area contributed by atoms with Crippen molar-refractivity contribution in [2.75, 3.05) is 13.7 Å². The molecule has 0 bridgehead atoms. The van der Waals surface area contributed by atoms with Gasteiger partial charge in [-0.3, -0.25) is 10.1 Å². The van der Waals surface area contributed by atoms with Crippen molar-refractivity contribution in [2.45, 2.75) is 51.4 Å². The molecule has 186 valence electrons. The average Bonchev–Trinajstić information content (AvgIpc) is 2.99. The summed E-state index contributed by atoms with van der Waals surface area (Å²) in [5.74, 6) is -0.307. The molecular formula is C24H26F6N2O2. The molecule has 0 aliphatic carbocycles. The largest absolute Gasteiger partial charge is 0.416 e. The van der Waals surface area contributed by atoms with Gasteiger partial charge in [0.25, 0.3) is 5.91 Å². The van der Waals surface area contributed by atoms with Crippen molar-refractivity contribution in [1.82, 2.24) is 10.2 Å². The zero-order chi connectivity index (χ0) is 25.5. The Kier molecular flexibility index (Phi) is 6.80. The van der Waals surface area contributed by atoms with Crippen LogP contribution in [-0.2, 0) is 34.0 Å². The molecule has 1 aliphatic heterocycles. The number of hydrogen-bond acceptors (Lipinski definition) is 3. The van der Waals surface area contributed by atoms with Crippen LogP contribution in [0.15, 0.2) is 48.5 Å². The highest BCUT2D eigenvalue weighted by atomic mass is 19.4. The van der Waals surface area contributed by atoms with E-state index in [0.717, 1.165) is 0 Å². The van der Waals surface area contributed by atoms with E-state index in [1.807, 2.05) is 20.8 Å². The van der Waals surface area contributed by atoms with E-state index in [-0.39, 0.29) is 35.7 Å². The number of alkyl halides is 6. The fraction of sp³-hybridized carbons (Fsp3) is 0.458. The Balaban J connectivity index is 1.92. The van der Waals surface area contributed by atoms with Crippen LogP contribution in [0.3, 0.4) is 0 Å². The number of hydrogen-bond donors (Lipinski definition) is 1. The number of likely N-dealkylation sites (N-methyl/N-ethyl adjacent to an activating group) is 1. The van der Waals surface area contributed by atoms with Crippen molar-refractivity contribution >= 4 is 5.91 Å². The highest BCUT2D eigenvalue weighted by Gasteiger charge is 2.54. The predicted octanol–water partition coefficient (Wildman–Crippen LogP) is 5.57. The minimum atomic E-state index is -4.95. The molecule has 10 heteroatoms. The number of ether oxygens (including phenoxy) is 1. The molecule has 1 fully saturated rings. The van der Waals surface area contributed by atoms with Crippen molar-refractivity contribution < 1.29 is 35.9 Å². The van der Waals surface area contributed by atoms with Gasteiger partial charge in [-0.15, -0.1) is 0 Å². The molecule has 1 amide bonds. The number of nitrogens with one attached hydrogen (secondary N) is 1. The molecule has 1 saturated heterocycles. The number of carbonyl (C=O) groups excluding carboxylic acids is 1. The zero-order valence-electron chi connectivity index (χ0n) is 19.1. The Morgan fingerprint density at radius 3 is 1.91 bits per heavy atom. The van der Waals surface area contributed by atoms with Gasteiger partial charge in [0.1, 0.15) is 5.54 Å². The second-order valence-electron chi connectivity index (χ2n) is 9.51. The van der Waals surface area contributed by atoms with E-state index in [9.17, 15) is 31.1 Å². The van der Waals surface area contributed by atoms with Crippen molar-refractivity contribution in [3.8, 4) is 0 Å². The third-order valence-corrected chi connectivity index (χ3v) is 5.78. The van der Waals surface area contributed by atoms with Gasteiger partial charge in [0.2, 0.25) is 0 Å². The van der Waals surface area contributed by atoms with Crippen LogP contribution in [-0.4, -0.2) is 30.6 Å². The summed E-state index contributed by atoms with van der Waals surface area (Å²) in [6.45, 7) is 5.00. The molecule has 2 aromatic rings. The molecule has 1 aliphatic rings. The molecule has 1 heterocycles. The van der Waals surface area contributed by atoms with Gasteiger partial charge in [0.15, 0.2) is 0 Å². The lowest BCUT2D eigenvalue weighted by atomic mass is 9.89. The van der Waals surface area contributed by atoms with Crippen LogP contribution in [0.4, 0.5) is 26.3 Å². The third-order valence-electron chi connectivity index (χ3n) is 5.78. The highest BCUT2D eigenvalue weighted by Crippen LogP contribution is 2.38. The predicted molar refractivity (Wildman–Crippen MR) is 113 cm³/mol. The quantitative estimate of drug-likeness (QED) is 0.560. The van der Waals surface area contributed by atoms with Gasteiger partial charge in [-0.1, -0.05) is 51.1 Å². The minimum absolute atomic E-state index is 0.0693. The summed E-state index contributed by atoms with van der Waals surface area (Å²) in [6, 6.07) is 10.00. The molecule has 34 heavy (non-hydrogen) atoms. The lowest BCUT2D eigenvalue weighted by Gasteiger charge is -2.33. The first-order chi connectivity index (χ1) is 15.6. The fourth-order valence-corrected chi connectivity index (χ4v) is 4.15. The van der Waals surface area contributed by atoms with Gasteiger partial charge in [-0.2, -0.15) is 26.3 Å². The monoisotopic (exact) mass is 488 g/mol. The maximum Gasteiger partial charge on any atom is 0.416 e. The van der Waals surface area contributed by atoms with E-state index in [1.54, 1.807) is 42.3 Å². The first kappa shape index (κ1) is 26.0. The van der Waals surface area contributed by atoms with Gasteiger partial charge in [0.05, 0.1) is 30.5 Å². The van der Waals surface area contributed by atoms with Crippen LogP contribution in [0, 0.1) is 5.41 Å². The van der Waals surface area contributed by atoms with Crippen molar-refractivity contribution in [2.24, 2.45) is 5.41 Å². The Bertz CT molecular complexity index is 998. The van der Waals surface area contributed by atoms with Gasteiger partial charge in [0, 0.05) is 7.05 Å². The minimum Gasteiger partial charge on any atom is -0.374 e. The Morgan fingerprint density at radius 1 is 0.941 bits per heavy atom. The summed E-state index contributed by atoms with van der Waals surface area (Å²) in [5, 5.41) is 3.31. The van der Waals surface area contributed by atoms with Crippen molar-refractivity contribution in [1.29, 1.82) is 0 Å². The summed E-state index contributed by atoms with van der Waals surface area (Å²) in [7, 11) is 1.64. The summed E-state index contributed by atoms with van der Waals surface area (Å²) in [6.07, 6.45) is -10.3. The standard InChI is InChI=1S/C24H26F6N2O2/c1-21(2,3)19-31-22(20(33)32(19)4,16-8-6-5-7-9-16)14-34-13-15-10-17(23(25,26)27)12-18(11-15)24(28,29)30/h5-12,19,31H,13-14H2,1-4H3/t19-,22-/m1/s1. The van der Waals surface area contributed by atoms with E-state index in [1.165, 1.54) is 0 Å². The van der Waals surface area contributed by atoms with E-state index in [2.05, 4.69) is 5.32 Å². The Labute approximate surface area is 193 Å². The number of halogens is 6. The molecule has 2 atom stereocenters. The summed E-state index contributed by atoms with van der Waals surface area (Å²) in [4.78, 5) is 14.9. The Hall–Kier alpha value is -2.59. The van der Waals surface area contributed by atoms with Crippen molar-refractivity contribution in [3.63, 3.8) is 0 Å². The molecule has 1 N–H and O–H groups in total. The molecule has 2 aromatic carbocycles. The number of carbonyl (C=O) groups is 1. The number of rotatable bonds is 5. The zero-order valence-corrected chi connectivity index (χ0v) is 19.1.